The monoisotopic (exact) mass is 568 g/mol. The van der Waals surface area contributed by atoms with Gasteiger partial charge in [0.25, 0.3) is 0 Å². The average Bonchev–Trinajstić information content (AvgIpc) is 3.02. The molecule has 8 nitrogen and oxygen atoms in total. The second-order valence-corrected chi connectivity index (χ2v) is 11.5. The molecule has 2 saturated heterocycles. The molecule has 4 aromatic rings. The van der Waals surface area contributed by atoms with Crippen molar-refractivity contribution in [1.82, 2.24) is 9.97 Å². The summed E-state index contributed by atoms with van der Waals surface area (Å²) in [6.45, 7) is 13.0. The first-order chi connectivity index (χ1) is 20.6. The molecular formula is C34H44N6O2. The summed E-state index contributed by atoms with van der Waals surface area (Å²) in [5, 5.41) is 9.83. The summed E-state index contributed by atoms with van der Waals surface area (Å²) in [4.78, 5) is 14.4. The summed E-state index contributed by atoms with van der Waals surface area (Å²) in [5.74, 6) is 0. The number of morpholine rings is 2. The molecule has 2 aliphatic heterocycles. The van der Waals surface area contributed by atoms with Crippen molar-refractivity contribution >= 4 is 44.6 Å². The molecule has 0 saturated carbocycles. The standard InChI is InChI=1S/C34H44N6O2/c1-25-21-33(29-23-27(7-9-31(29)37-25)39-13-17-41-18-14-39)35-11-5-3-4-6-12-36-34-22-26(2)38-32-10-8-28(24-30(32)34)40-15-19-42-20-16-40/h7-10,21-24H,3-6,11-20H2,1-2H3,(H,35,37)(H,36,38). The second kappa shape index (κ2) is 13.6. The molecule has 8 heteroatoms. The first-order valence-corrected chi connectivity index (χ1v) is 15.6. The van der Waals surface area contributed by atoms with Gasteiger partial charge >= 0.3 is 0 Å². The van der Waals surface area contributed by atoms with Crippen molar-refractivity contribution < 1.29 is 9.47 Å². The predicted octanol–water partition coefficient (Wildman–Crippen LogP) is 6.16. The van der Waals surface area contributed by atoms with Gasteiger partial charge in [-0.05, 0) is 75.2 Å². The molecule has 0 atom stereocenters. The van der Waals surface area contributed by atoms with Gasteiger partial charge in [-0.2, -0.15) is 0 Å². The number of fused-ring (bicyclic) bond motifs is 2. The molecule has 0 amide bonds. The Kier molecular flexibility index (Phi) is 9.21. The van der Waals surface area contributed by atoms with Gasteiger partial charge in [0.1, 0.15) is 0 Å². The molecule has 2 aliphatic rings. The van der Waals surface area contributed by atoms with E-state index >= 15 is 0 Å². The van der Waals surface area contributed by atoms with Crippen molar-refractivity contribution in [2.45, 2.75) is 39.5 Å². The molecule has 2 aromatic carbocycles. The fourth-order valence-corrected chi connectivity index (χ4v) is 6.07. The van der Waals surface area contributed by atoms with E-state index in [0.29, 0.717) is 0 Å². The lowest BCUT2D eigenvalue weighted by Gasteiger charge is -2.29. The number of unbranched alkanes of at least 4 members (excludes halogenated alkanes) is 3. The number of aromatic nitrogens is 2. The van der Waals surface area contributed by atoms with Crippen LogP contribution in [0.15, 0.2) is 48.5 Å². The first kappa shape index (κ1) is 28.5. The average molecular weight is 569 g/mol. The highest BCUT2D eigenvalue weighted by atomic mass is 16.5. The van der Waals surface area contributed by atoms with Crippen LogP contribution in [0.1, 0.15) is 37.1 Å². The van der Waals surface area contributed by atoms with Gasteiger partial charge in [0.15, 0.2) is 0 Å². The van der Waals surface area contributed by atoms with Crippen LogP contribution < -0.4 is 20.4 Å². The summed E-state index contributed by atoms with van der Waals surface area (Å²) in [6.07, 6.45) is 4.69. The second-order valence-electron chi connectivity index (χ2n) is 11.5. The Morgan fingerprint density at radius 2 is 1.02 bits per heavy atom. The van der Waals surface area contributed by atoms with E-state index in [2.05, 4.69) is 82.8 Å². The van der Waals surface area contributed by atoms with Crippen molar-refractivity contribution in [1.29, 1.82) is 0 Å². The molecule has 42 heavy (non-hydrogen) atoms. The van der Waals surface area contributed by atoms with Crippen LogP contribution >= 0.6 is 0 Å². The number of rotatable bonds is 11. The lowest BCUT2D eigenvalue weighted by molar-refractivity contribution is 0.122. The van der Waals surface area contributed by atoms with Crippen molar-refractivity contribution in [3.8, 4) is 0 Å². The summed E-state index contributed by atoms with van der Waals surface area (Å²) in [6, 6.07) is 17.6. The van der Waals surface area contributed by atoms with Gasteiger partial charge in [-0.25, -0.2) is 0 Å². The number of hydrogen-bond donors (Lipinski definition) is 2. The SMILES string of the molecule is Cc1cc(NCCCCCCNc2cc(C)nc3ccc(N4CCOCC4)cc23)c2cc(N3CCOCC3)ccc2n1. The molecule has 2 N–H and O–H groups in total. The topological polar surface area (TPSA) is 74.8 Å². The van der Waals surface area contributed by atoms with Crippen molar-refractivity contribution in [2.75, 3.05) is 86.1 Å². The minimum atomic E-state index is 0.791. The number of anilines is 4. The summed E-state index contributed by atoms with van der Waals surface area (Å²) < 4.78 is 11.1. The largest absolute Gasteiger partial charge is 0.384 e. The highest BCUT2D eigenvalue weighted by Gasteiger charge is 2.15. The zero-order chi connectivity index (χ0) is 28.7. The van der Waals surface area contributed by atoms with Gasteiger partial charge in [-0.15, -0.1) is 0 Å². The minimum absolute atomic E-state index is 0.791. The number of nitrogens with one attached hydrogen (secondary N) is 2. The first-order valence-electron chi connectivity index (χ1n) is 15.6. The molecular weight excluding hydrogens is 524 g/mol. The Labute approximate surface area is 249 Å². The molecule has 0 aliphatic carbocycles. The summed E-state index contributed by atoms with van der Waals surface area (Å²) in [5.41, 5.74) is 9.07. The third-order valence-corrected chi connectivity index (χ3v) is 8.33. The van der Waals surface area contributed by atoms with E-state index in [0.717, 1.165) is 101 Å². The van der Waals surface area contributed by atoms with Crippen molar-refractivity contribution in [3.63, 3.8) is 0 Å². The van der Waals surface area contributed by atoms with E-state index in [1.54, 1.807) is 0 Å². The summed E-state index contributed by atoms with van der Waals surface area (Å²) >= 11 is 0. The quantitative estimate of drug-likeness (QED) is 0.209. The number of benzene rings is 2. The van der Waals surface area contributed by atoms with Crippen LogP contribution in [0.25, 0.3) is 21.8 Å². The molecule has 0 unspecified atom stereocenters. The number of pyridine rings is 2. The van der Waals surface area contributed by atoms with Crippen LogP contribution in [-0.2, 0) is 9.47 Å². The Morgan fingerprint density at radius 1 is 0.595 bits per heavy atom. The van der Waals surface area contributed by atoms with Crippen molar-refractivity contribution in [3.05, 3.63) is 59.9 Å². The molecule has 4 heterocycles. The smallest absolute Gasteiger partial charge is 0.0727 e. The van der Waals surface area contributed by atoms with Crippen molar-refractivity contribution in [2.24, 2.45) is 0 Å². The zero-order valence-electron chi connectivity index (χ0n) is 25.1. The number of aryl methyl sites for hydroxylation is 2. The van der Waals surface area contributed by atoms with Crippen LogP contribution in [0.4, 0.5) is 22.7 Å². The molecule has 222 valence electrons. The minimum Gasteiger partial charge on any atom is -0.384 e. The predicted molar refractivity (Wildman–Crippen MR) is 174 cm³/mol. The van der Waals surface area contributed by atoms with Gasteiger partial charge in [0.2, 0.25) is 0 Å². The maximum Gasteiger partial charge on any atom is 0.0727 e. The Bertz CT molecular complexity index is 1380. The van der Waals surface area contributed by atoms with E-state index < -0.39 is 0 Å². The number of ether oxygens (including phenoxy) is 2. The highest BCUT2D eigenvalue weighted by molar-refractivity contribution is 5.95. The van der Waals surface area contributed by atoms with Crippen LogP contribution in [0.2, 0.25) is 0 Å². The third kappa shape index (κ3) is 6.88. The number of nitrogens with zero attached hydrogens (tertiary/aromatic N) is 4. The Balaban J connectivity index is 0.993. The Hall–Kier alpha value is -3.62. The van der Waals surface area contributed by atoms with Gasteiger partial charge in [-0.1, -0.05) is 12.8 Å². The van der Waals surface area contributed by atoms with Crippen LogP contribution in [-0.4, -0.2) is 75.7 Å². The van der Waals surface area contributed by atoms with E-state index in [1.165, 1.54) is 46.4 Å². The maximum absolute atomic E-state index is 5.54. The van der Waals surface area contributed by atoms with Gasteiger partial charge in [0, 0.05) is 84.2 Å². The number of hydrogen-bond acceptors (Lipinski definition) is 8. The molecule has 0 radical (unpaired) electrons. The zero-order valence-corrected chi connectivity index (χ0v) is 25.1. The van der Waals surface area contributed by atoms with Crippen LogP contribution in [0.5, 0.6) is 0 Å². The lowest BCUT2D eigenvalue weighted by Crippen LogP contribution is -2.36. The summed E-state index contributed by atoms with van der Waals surface area (Å²) in [7, 11) is 0. The fraction of sp³-hybridized carbons (Fsp3) is 0.471. The highest BCUT2D eigenvalue weighted by Crippen LogP contribution is 2.30. The Morgan fingerprint density at radius 3 is 1.45 bits per heavy atom. The van der Waals surface area contributed by atoms with Gasteiger partial charge in [-0.3, -0.25) is 9.97 Å². The van der Waals surface area contributed by atoms with Crippen LogP contribution in [0, 0.1) is 13.8 Å². The third-order valence-electron chi connectivity index (χ3n) is 8.33. The van der Waals surface area contributed by atoms with E-state index in [9.17, 15) is 0 Å². The van der Waals surface area contributed by atoms with Crippen LogP contribution in [0.3, 0.4) is 0 Å². The maximum atomic E-state index is 5.54. The van der Waals surface area contributed by atoms with Gasteiger partial charge in [0.05, 0.1) is 37.5 Å². The lowest BCUT2D eigenvalue weighted by atomic mass is 10.1. The normalized spacial score (nSPS) is 15.9. The van der Waals surface area contributed by atoms with Gasteiger partial charge < -0.3 is 29.9 Å². The molecule has 0 spiro atoms. The molecule has 6 rings (SSSR count). The fourth-order valence-electron chi connectivity index (χ4n) is 6.07. The molecule has 2 aromatic heterocycles. The molecule has 0 bridgehead atoms. The van der Waals surface area contributed by atoms with E-state index in [-0.39, 0.29) is 0 Å². The molecule has 2 fully saturated rings. The van der Waals surface area contributed by atoms with E-state index in [1.807, 2.05) is 0 Å². The van der Waals surface area contributed by atoms with E-state index in [4.69, 9.17) is 19.4 Å².